The predicted octanol–water partition coefficient (Wildman–Crippen LogP) is 0.0777. The Hall–Kier alpha value is -1.49. The van der Waals surface area contributed by atoms with Crippen LogP contribution in [0.4, 0.5) is 0 Å². The molecule has 0 aromatic carbocycles. The maximum absolute atomic E-state index is 11.0. The number of rotatable bonds is 5. The van der Waals surface area contributed by atoms with Gasteiger partial charge < -0.3 is 11.1 Å². The number of carbonyl (C=O) groups excluding carboxylic acids is 1. The van der Waals surface area contributed by atoms with Gasteiger partial charge in [0.25, 0.3) is 0 Å². The molecule has 82 valence electrons. The van der Waals surface area contributed by atoms with E-state index < -0.39 is 5.41 Å². The molecule has 0 spiro atoms. The van der Waals surface area contributed by atoms with Crippen molar-refractivity contribution in [1.82, 2.24) is 15.3 Å². The molecular formula is C10H16N4O. The largest absolute Gasteiger partial charge is 0.369 e. The lowest BCUT2D eigenvalue weighted by atomic mass is 9.93. The first-order valence-corrected chi connectivity index (χ1v) is 4.79. The summed E-state index contributed by atoms with van der Waals surface area (Å²) in [6.07, 6.45) is 3.37. The van der Waals surface area contributed by atoms with Crippen LogP contribution in [0, 0.1) is 5.41 Å². The van der Waals surface area contributed by atoms with Crippen molar-refractivity contribution in [2.75, 3.05) is 6.54 Å². The van der Waals surface area contributed by atoms with Crippen LogP contribution in [0.1, 0.15) is 19.7 Å². The molecule has 5 heteroatoms. The molecule has 0 saturated carbocycles. The van der Waals surface area contributed by atoms with E-state index in [9.17, 15) is 4.79 Å². The number of nitrogens with zero attached hydrogens (tertiary/aromatic N) is 2. The highest BCUT2D eigenvalue weighted by Crippen LogP contribution is 2.11. The summed E-state index contributed by atoms with van der Waals surface area (Å²) in [7, 11) is 0. The van der Waals surface area contributed by atoms with E-state index in [4.69, 9.17) is 5.73 Å². The van der Waals surface area contributed by atoms with Gasteiger partial charge in [0.05, 0.1) is 12.0 Å². The number of primary amides is 1. The Morgan fingerprint density at radius 3 is 2.60 bits per heavy atom. The van der Waals surface area contributed by atoms with Gasteiger partial charge in [0, 0.05) is 18.9 Å². The smallest absolute Gasteiger partial charge is 0.224 e. The summed E-state index contributed by atoms with van der Waals surface area (Å²) in [6, 6.07) is 1.76. The second-order valence-electron chi connectivity index (χ2n) is 4.02. The van der Waals surface area contributed by atoms with Crippen molar-refractivity contribution in [3.8, 4) is 0 Å². The van der Waals surface area contributed by atoms with Gasteiger partial charge >= 0.3 is 0 Å². The fourth-order valence-electron chi connectivity index (χ4n) is 0.995. The number of hydrogen-bond acceptors (Lipinski definition) is 4. The number of hydrogen-bond donors (Lipinski definition) is 2. The first kappa shape index (κ1) is 11.6. The molecule has 3 N–H and O–H groups in total. The minimum absolute atomic E-state index is 0.316. The molecule has 1 aromatic rings. The van der Waals surface area contributed by atoms with Gasteiger partial charge in [0.1, 0.15) is 5.82 Å². The molecule has 1 rings (SSSR count). The quantitative estimate of drug-likeness (QED) is 0.718. The van der Waals surface area contributed by atoms with Crippen LogP contribution in [0.2, 0.25) is 0 Å². The average Bonchev–Trinajstić information content (AvgIpc) is 2.19. The number of nitrogens with one attached hydrogen (secondary N) is 1. The third kappa shape index (κ3) is 3.63. The van der Waals surface area contributed by atoms with E-state index in [0.29, 0.717) is 18.9 Å². The summed E-state index contributed by atoms with van der Waals surface area (Å²) < 4.78 is 0. The van der Waals surface area contributed by atoms with Gasteiger partial charge in [0.2, 0.25) is 5.91 Å². The van der Waals surface area contributed by atoms with E-state index in [0.717, 1.165) is 0 Å². The van der Waals surface area contributed by atoms with Crippen molar-refractivity contribution in [2.24, 2.45) is 11.1 Å². The molecular weight excluding hydrogens is 192 g/mol. The summed E-state index contributed by atoms with van der Waals surface area (Å²) in [5.41, 5.74) is 4.69. The van der Waals surface area contributed by atoms with Gasteiger partial charge in [-0.1, -0.05) is 0 Å². The Morgan fingerprint density at radius 1 is 1.47 bits per heavy atom. The molecule has 1 heterocycles. The van der Waals surface area contributed by atoms with Gasteiger partial charge in [-0.3, -0.25) is 4.79 Å². The summed E-state index contributed by atoms with van der Waals surface area (Å²) in [5.74, 6) is 0.391. The summed E-state index contributed by atoms with van der Waals surface area (Å²) in [4.78, 5) is 19.1. The second kappa shape index (κ2) is 4.84. The van der Waals surface area contributed by atoms with Crippen molar-refractivity contribution < 1.29 is 4.79 Å². The van der Waals surface area contributed by atoms with Gasteiger partial charge in [-0.15, -0.1) is 0 Å². The number of carbonyl (C=O) groups is 1. The molecule has 1 aromatic heterocycles. The van der Waals surface area contributed by atoms with Gasteiger partial charge in [0.15, 0.2) is 0 Å². The zero-order valence-corrected chi connectivity index (χ0v) is 9.03. The summed E-state index contributed by atoms with van der Waals surface area (Å²) >= 11 is 0. The van der Waals surface area contributed by atoms with Crippen molar-refractivity contribution in [2.45, 2.75) is 20.4 Å². The van der Waals surface area contributed by atoms with Crippen molar-refractivity contribution in [3.63, 3.8) is 0 Å². The fraction of sp³-hybridized carbons (Fsp3) is 0.500. The molecule has 0 bridgehead atoms. The van der Waals surface area contributed by atoms with Crippen LogP contribution in [-0.4, -0.2) is 22.4 Å². The van der Waals surface area contributed by atoms with Crippen LogP contribution in [-0.2, 0) is 11.3 Å². The normalized spacial score (nSPS) is 11.3. The molecule has 0 aliphatic heterocycles. The second-order valence-corrected chi connectivity index (χ2v) is 4.02. The van der Waals surface area contributed by atoms with Crippen LogP contribution in [0.15, 0.2) is 18.5 Å². The molecule has 0 radical (unpaired) electrons. The Balaban J connectivity index is 2.37. The molecule has 0 unspecified atom stereocenters. The van der Waals surface area contributed by atoms with Crippen molar-refractivity contribution >= 4 is 5.91 Å². The Morgan fingerprint density at radius 2 is 2.07 bits per heavy atom. The maximum Gasteiger partial charge on any atom is 0.224 e. The molecule has 0 atom stereocenters. The molecule has 0 saturated heterocycles. The molecule has 0 aliphatic rings. The van der Waals surface area contributed by atoms with E-state index >= 15 is 0 Å². The first-order valence-electron chi connectivity index (χ1n) is 4.79. The number of nitrogens with two attached hydrogens (primary N) is 1. The van der Waals surface area contributed by atoms with E-state index in [1.165, 1.54) is 0 Å². The first-order chi connectivity index (χ1) is 7.02. The van der Waals surface area contributed by atoms with Gasteiger partial charge in [-0.2, -0.15) is 0 Å². The van der Waals surface area contributed by atoms with E-state index in [1.807, 2.05) is 0 Å². The van der Waals surface area contributed by atoms with Crippen LogP contribution in [0.25, 0.3) is 0 Å². The predicted molar refractivity (Wildman–Crippen MR) is 56.7 cm³/mol. The van der Waals surface area contributed by atoms with Crippen molar-refractivity contribution in [3.05, 3.63) is 24.3 Å². The fourth-order valence-corrected chi connectivity index (χ4v) is 0.995. The summed E-state index contributed by atoms with van der Waals surface area (Å²) in [6.45, 7) is 4.65. The van der Waals surface area contributed by atoms with Crippen LogP contribution in [0.3, 0.4) is 0 Å². The van der Waals surface area contributed by atoms with Crippen molar-refractivity contribution in [1.29, 1.82) is 0 Å². The van der Waals surface area contributed by atoms with E-state index in [2.05, 4.69) is 15.3 Å². The molecule has 15 heavy (non-hydrogen) atoms. The zero-order chi connectivity index (χ0) is 11.3. The zero-order valence-electron chi connectivity index (χ0n) is 9.03. The standard InChI is InChI=1S/C10H16N4O/c1-10(2,9(11)15)7-12-6-8-13-4-3-5-14-8/h3-5,12H,6-7H2,1-2H3,(H2,11,15). The van der Waals surface area contributed by atoms with Crippen LogP contribution in [0.5, 0.6) is 0 Å². The third-order valence-corrected chi connectivity index (χ3v) is 2.14. The molecule has 1 amide bonds. The number of amides is 1. The van der Waals surface area contributed by atoms with Crippen LogP contribution < -0.4 is 11.1 Å². The maximum atomic E-state index is 11.0. The van der Waals surface area contributed by atoms with Gasteiger partial charge in [-0.25, -0.2) is 9.97 Å². The third-order valence-electron chi connectivity index (χ3n) is 2.14. The Labute approximate surface area is 89.1 Å². The summed E-state index contributed by atoms with van der Waals surface area (Å²) in [5, 5.41) is 3.10. The SMILES string of the molecule is CC(C)(CNCc1ncccn1)C(N)=O. The highest BCUT2D eigenvalue weighted by atomic mass is 16.1. The molecule has 5 nitrogen and oxygen atoms in total. The Kier molecular flexibility index (Phi) is 3.74. The minimum Gasteiger partial charge on any atom is -0.369 e. The van der Waals surface area contributed by atoms with Crippen LogP contribution >= 0.6 is 0 Å². The lowest BCUT2D eigenvalue weighted by molar-refractivity contribution is -0.125. The lowest BCUT2D eigenvalue weighted by Gasteiger charge is -2.20. The molecule has 0 fully saturated rings. The van der Waals surface area contributed by atoms with Gasteiger partial charge in [-0.05, 0) is 19.9 Å². The Bertz CT molecular complexity index is 323. The van der Waals surface area contributed by atoms with E-state index in [-0.39, 0.29) is 5.91 Å². The lowest BCUT2D eigenvalue weighted by Crippen LogP contribution is -2.40. The highest BCUT2D eigenvalue weighted by molar-refractivity contribution is 5.80. The monoisotopic (exact) mass is 208 g/mol. The van der Waals surface area contributed by atoms with E-state index in [1.54, 1.807) is 32.3 Å². The minimum atomic E-state index is -0.547. The molecule has 0 aliphatic carbocycles. The number of aromatic nitrogens is 2. The topological polar surface area (TPSA) is 80.9 Å². The average molecular weight is 208 g/mol. The highest BCUT2D eigenvalue weighted by Gasteiger charge is 2.24.